The van der Waals surface area contributed by atoms with Gasteiger partial charge in [-0.3, -0.25) is 4.79 Å². The topological polar surface area (TPSA) is 58.4 Å². The summed E-state index contributed by atoms with van der Waals surface area (Å²) in [5, 5.41) is 3.07. The molecule has 9 heteroatoms. The number of halogens is 4. The van der Waals surface area contributed by atoms with Crippen LogP contribution in [0.5, 0.6) is 0 Å². The summed E-state index contributed by atoms with van der Waals surface area (Å²) in [6.07, 6.45) is -3.00. The highest BCUT2D eigenvalue weighted by molar-refractivity contribution is 8.03. The van der Waals surface area contributed by atoms with Crippen molar-refractivity contribution in [2.24, 2.45) is 11.7 Å². The maximum Gasteiger partial charge on any atom is 0.430 e. The Kier molecular flexibility index (Phi) is 5.97. The van der Waals surface area contributed by atoms with E-state index in [0.29, 0.717) is 27.5 Å². The number of carbonyl (C=O) groups is 1. The summed E-state index contributed by atoms with van der Waals surface area (Å²) >= 11 is 1.33. The lowest BCUT2D eigenvalue weighted by molar-refractivity contribution is -0.115. The smallest absolute Gasteiger partial charge is 0.366 e. The van der Waals surface area contributed by atoms with Crippen molar-refractivity contribution < 1.29 is 22.4 Å². The van der Waals surface area contributed by atoms with Crippen LogP contribution in [0.25, 0.3) is 0 Å². The summed E-state index contributed by atoms with van der Waals surface area (Å²) < 4.78 is 53.7. The summed E-state index contributed by atoms with van der Waals surface area (Å²) in [4.78, 5) is 13.9. The zero-order chi connectivity index (χ0) is 21.3. The summed E-state index contributed by atoms with van der Waals surface area (Å²) in [6, 6.07) is 5.84. The van der Waals surface area contributed by atoms with Crippen molar-refractivity contribution in [3.63, 3.8) is 0 Å². The third-order valence-corrected chi connectivity index (χ3v) is 5.90. The second-order valence-electron chi connectivity index (χ2n) is 6.79. The van der Waals surface area contributed by atoms with Gasteiger partial charge in [-0.25, -0.2) is 4.39 Å². The van der Waals surface area contributed by atoms with Gasteiger partial charge in [0.25, 0.3) is 0 Å². The molecule has 2 aliphatic rings. The van der Waals surface area contributed by atoms with Crippen molar-refractivity contribution in [1.29, 1.82) is 0 Å². The standard InChI is InChI=1S/C20H21F4N3OS/c1-3-29-19-16(17(25)28)11(2)14-7-8-15(20(22,23)24)26-18(14)27(19)10-12-5-4-6-13(21)9-12/h4-9,11,18,26H,3,10H2,1-2H3,(H2,25,28). The number of hydrogen-bond acceptors (Lipinski definition) is 4. The van der Waals surface area contributed by atoms with E-state index >= 15 is 0 Å². The normalized spacial score (nSPS) is 21.9. The molecular weight excluding hydrogens is 406 g/mol. The average molecular weight is 427 g/mol. The Morgan fingerprint density at radius 1 is 1.31 bits per heavy atom. The second kappa shape index (κ2) is 8.14. The minimum atomic E-state index is -4.54. The van der Waals surface area contributed by atoms with Crippen LogP contribution in [0.3, 0.4) is 0 Å². The first kappa shape index (κ1) is 21.3. The molecule has 2 atom stereocenters. The Labute approximate surface area is 170 Å². The average Bonchev–Trinajstić information content (AvgIpc) is 2.63. The van der Waals surface area contributed by atoms with Gasteiger partial charge in [0.05, 0.1) is 10.6 Å². The summed E-state index contributed by atoms with van der Waals surface area (Å²) in [5.74, 6) is -0.928. The molecule has 29 heavy (non-hydrogen) atoms. The number of nitrogens with two attached hydrogens (primary N) is 1. The minimum Gasteiger partial charge on any atom is -0.366 e. The van der Waals surface area contributed by atoms with Crippen LogP contribution in [-0.2, 0) is 11.3 Å². The maximum absolute atomic E-state index is 13.7. The van der Waals surface area contributed by atoms with Crippen LogP contribution in [0.2, 0.25) is 0 Å². The van der Waals surface area contributed by atoms with E-state index in [1.807, 2.05) is 6.92 Å². The monoisotopic (exact) mass is 427 g/mol. The van der Waals surface area contributed by atoms with Gasteiger partial charge in [0.15, 0.2) is 0 Å². The lowest BCUT2D eigenvalue weighted by atomic mass is 9.85. The molecule has 1 aromatic carbocycles. The molecule has 0 fully saturated rings. The molecule has 2 unspecified atom stereocenters. The lowest BCUT2D eigenvalue weighted by Gasteiger charge is -2.46. The molecule has 3 N–H and O–H groups in total. The third kappa shape index (κ3) is 4.29. The van der Waals surface area contributed by atoms with Crippen LogP contribution in [-0.4, -0.2) is 28.9 Å². The number of dihydropyridines is 1. The number of thioether (sulfide) groups is 1. The second-order valence-corrected chi connectivity index (χ2v) is 8.04. The first-order chi connectivity index (χ1) is 13.6. The molecule has 2 aliphatic heterocycles. The van der Waals surface area contributed by atoms with E-state index in [2.05, 4.69) is 5.32 Å². The molecule has 156 valence electrons. The van der Waals surface area contributed by atoms with Crippen LogP contribution in [0, 0.1) is 11.7 Å². The molecule has 0 aromatic heterocycles. The molecule has 2 heterocycles. The Balaban J connectivity index is 2.12. The number of nitrogens with zero attached hydrogens (tertiary/aromatic N) is 1. The first-order valence-electron chi connectivity index (χ1n) is 9.06. The van der Waals surface area contributed by atoms with Crippen molar-refractivity contribution >= 4 is 17.7 Å². The van der Waals surface area contributed by atoms with E-state index < -0.39 is 35.7 Å². The number of hydrogen-bond donors (Lipinski definition) is 2. The number of benzene rings is 1. The number of nitrogens with one attached hydrogen (secondary N) is 1. The largest absolute Gasteiger partial charge is 0.430 e. The number of primary amides is 1. The molecule has 0 saturated heterocycles. The van der Waals surface area contributed by atoms with Crippen molar-refractivity contribution in [2.45, 2.75) is 32.7 Å². The predicted molar refractivity (Wildman–Crippen MR) is 105 cm³/mol. The number of carbonyl (C=O) groups excluding carboxylic acids is 1. The molecular formula is C20H21F4N3OS. The Morgan fingerprint density at radius 3 is 2.62 bits per heavy atom. The molecule has 1 amide bonds. The van der Waals surface area contributed by atoms with E-state index in [-0.39, 0.29) is 6.54 Å². The highest BCUT2D eigenvalue weighted by Crippen LogP contribution is 2.43. The third-order valence-electron chi connectivity index (χ3n) is 4.88. The molecule has 0 bridgehead atoms. The van der Waals surface area contributed by atoms with Crippen LogP contribution >= 0.6 is 11.8 Å². The number of fused-ring (bicyclic) bond motifs is 1. The molecule has 0 aliphatic carbocycles. The molecule has 4 nitrogen and oxygen atoms in total. The zero-order valence-electron chi connectivity index (χ0n) is 15.9. The molecule has 3 rings (SSSR count). The lowest BCUT2D eigenvalue weighted by Crippen LogP contribution is -2.53. The summed E-state index contributed by atoms with van der Waals surface area (Å²) in [7, 11) is 0. The van der Waals surface area contributed by atoms with E-state index in [0.717, 1.165) is 6.08 Å². The number of amides is 1. The van der Waals surface area contributed by atoms with Crippen LogP contribution in [0.15, 0.2) is 58.3 Å². The number of rotatable bonds is 5. The molecule has 1 aromatic rings. The summed E-state index contributed by atoms with van der Waals surface area (Å²) in [6.45, 7) is 3.74. The van der Waals surface area contributed by atoms with Crippen molar-refractivity contribution in [1.82, 2.24) is 10.2 Å². The number of alkyl halides is 3. The van der Waals surface area contributed by atoms with Gasteiger partial charge in [0, 0.05) is 12.5 Å². The van der Waals surface area contributed by atoms with Gasteiger partial charge in [0.2, 0.25) is 5.91 Å². The Bertz CT molecular complexity index is 907. The van der Waals surface area contributed by atoms with E-state index in [1.54, 1.807) is 17.9 Å². The van der Waals surface area contributed by atoms with Gasteiger partial charge >= 0.3 is 6.18 Å². The van der Waals surface area contributed by atoms with Crippen LogP contribution in [0.4, 0.5) is 17.6 Å². The van der Waals surface area contributed by atoms with Crippen molar-refractivity contribution in [2.75, 3.05) is 5.75 Å². The van der Waals surface area contributed by atoms with E-state index in [4.69, 9.17) is 5.73 Å². The predicted octanol–water partition coefficient (Wildman–Crippen LogP) is 4.03. The first-order valence-corrected chi connectivity index (χ1v) is 10.0. The van der Waals surface area contributed by atoms with Gasteiger partial charge in [0.1, 0.15) is 17.7 Å². The van der Waals surface area contributed by atoms with Gasteiger partial charge in [-0.15, -0.1) is 11.8 Å². The number of allylic oxidation sites excluding steroid dienone is 3. The summed E-state index contributed by atoms with van der Waals surface area (Å²) in [5.41, 5.74) is 6.29. The van der Waals surface area contributed by atoms with Gasteiger partial charge in [-0.05, 0) is 35.1 Å². The van der Waals surface area contributed by atoms with Crippen molar-refractivity contribution in [3.8, 4) is 0 Å². The fourth-order valence-corrected chi connectivity index (χ4v) is 4.64. The SMILES string of the molecule is CCSC1=C(C(N)=O)C(C)C2=CC=C(C(F)(F)F)NC2N1Cc1cccc(F)c1. The van der Waals surface area contributed by atoms with E-state index in [1.165, 1.54) is 36.0 Å². The van der Waals surface area contributed by atoms with Gasteiger partial charge < -0.3 is 16.0 Å². The van der Waals surface area contributed by atoms with Gasteiger partial charge in [-0.1, -0.05) is 32.1 Å². The maximum atomic E-state index is 13.7. The van der Waals surface area contributed by atoms with Crippen molar-refractivity contribution in [3.05, 3.63) is 69.7 Å². The van der Waals surface area contributed by atoms with Crippen LogP contribution in [0.1, 0.15) is 19.4 Å². The Morgan fingerprint density at radius 2 is 2.03 bits per heavy atom. The quantitative estimate of drug-likeness (QED) is 0.697. The Hall–Kier alpha value is -2.42. The fraction of sp³-hybridized carbons (Fsp3) is 0.350. The minimum absolute atomic E-state index is 0.115. The van der Waals surface area contributed by atoms with Crippen LogP contribution < -0.4 is 11.1 Å². The highest BCUT2D eigenvalue weighted by atomic mass is 32.2. The molecule has 0 radical (unpaired) electrons. The molecule has 0 saturated carbocycles. The highest BCUT2D eigenvalue weighted by Gasteiger charge is 2.44. The fourth-order valence-electron chi connectivity index (χ4n) is 3.60. The molecule has 0 spiro atoms. The van der Waals surface area contributed by atoms with E-state index in [9.17, 15) is 22.4 Å². The zero-order valence-corrected chi connectivity index (χ0v) is 16.7. The van der Waals surface area contributed by atoms with Gasteiger partial charge in [-0.2, -0.15) is 13.2 Å².